The SMILES string of the molecule is CCC(C)n1nc(C2CC2)c2ccccc21. The van der Waals surface area contributed by atoms with Crippen LogP contribution in [0.5, 0.6) is 0 Å². The van der Waals surface area contributed by atoms with Crippen LogP contribution in [0.4, 0.5) is 0 Å². The third-order valence-corrected chi connectivity index (χ3v) is 3.61. The molecule has 1 aromatic heterocycles. The normalized spacial score (nSPS) is 17.9. The summed E-state index contributed by atoms with van der Waals surface area (Å²) >= 11 is 0. The van der Waals surface area contributed by atoms with Gasteiger partial charge in [0.15, 0.2) is 0 Å². The van der Waals surface area contributed by atoms with Crippen LogP contribution >= 0.6 is 0 Å². The molecule has 2 heteroatoms. The molecule has 0 bridgehead atoms. The summed E-state index contributed by atoms with van der Waals surface area (Å²) in [6.07, 6.45) is 3.78. The van der Waals surface area contributed by atoms with Gasteiger partial charge in [-0.2, -0.15) is 5.10 Å². The highest BCUT2D eigenvalue weighted by Crippen LogP contribution is 2.42. The Morgan fingerprint density at radius 2 is 2.12 bits per heavy atom. The first-order chi connectivity index (χ1) is 7.81. The molecule has 0 spiro atoms. The number of hydrogen-bond acceptors (Lipinski definition) is 1. The largest absolute Gasteiger partial charge is 0.262 e. The zero-order valence-corrected chi connectivity index (χ0v) is 9.98. The minimum Gasteiger partial charge on any atom is -0.262 e. The van der Waals surface area contributed by atoms with E-state index in [0.717, 1.165) is 12.3 Å². The van der Waals surface area contributed by atoms with Crippen molar-refractivity contribution in [3.63, 3.8) is 0 Å². The second kappa shape index (κ2) is 3.62. The number of aromatic nitrogens is 2. The number of benzene rings is 1. The molecule has 1 saturated carbocycles. The Labute approximate surface area is 96.3 Å². The van der Waals surface area contributed by atoms with Gasteiger partial charge in [-0.1, -0.05) is 25.1 Å². The molecule has 2 nitrogen and oxygen atoms in total. The van der Waals surface area contributed by atoms with Crippen LogP contribution in [0.25, 0.3) is 10.9 Å². The van der Waals surface area contributed by atoms with Crippen molar-refractivity contribution in [3.05, 3.63) is 30.0 Å². The first-order valence-electron chi connectivity index (χ1n) is 6.28. The Balaban J connectivity index is 2.20. The van der Waals surface area contributed by atoms with E-state index in [0.29, 0.717) is 6.04 Å². The van der Waals surface area contributed by atoms with Gasteiger partial charge in [-0.25, -0.2) is 0 Å². The first kappa shape index (κ1) is 9.88. The van der Waals surface area contributed by atoms with Crippen molar-refractivity contribution in [2.45, 2.75) is 45.1 Å². The van der Waals surface area contributed by atoms with E-state index in [9.17, 15) is 0 Å². The lowest BCUT2D eigenvalue weighted by molar-refractivity contribution is 0.488. The highest BCUT2D eigenvalue weighted by atomic mass is 15.3. The van der Waals surface area contributed by atoms with Crippen LogP contribution < -0.4 is 0 Å². The van der Waals surface area contributed by atoms with Crippen molar-refractivity contribution in [1.29, 1.82) is 0 Å². The van der Waals surface area contributed by atoms with Crippen LogP contribution in [0, 0.1) is 0 Å². The van der Waals surface area contributed by atoms with Gasteiger partial charge >= 0.3 is 0 Å². The van der Waals surface area contributed by atoms with Crippen molar-refractivity contribution >= 4 is 10.9 Å². The van der Waals surface area contributed by atoms with Gasteiger partial charge in [0.25, 0.3) is 0 Å². The Hall–Kier alpha value is -1.31. The van der Waals surface area contributed by atoms with Gasteiger partial charge in [-0.3, -0.25) is 4.68 Å². The molecule has 1 atom stereocenters. The van der Waals surface area contributed by atoms with Crippen LogP contribution in [-0.4, -0.2) is 9.78 Å². The summed E-state index contributed by atoms with van der Waals surface area (Å²) in [7, 11) is 0. The Kier molecular flexibility index (Phi) is 2.23. The second-order valence-corrected chi connectivity index (χ2v) is 4.88. The van der Waals surface area contributed by atoms with Crippen LogP contribution in [0.3, 0.4) is 0 Å². The maximum absolute atomic E-state index is 4.84. The van der Waals surface area contributed by atoms with Crippen molar-refractivity contribution < 1.29 is 0 Å². The topological polar surface area (TPSA) is 17.8 Å². The highest BCUT2D eigenvalue weighted by Gasteiger charge is 2.29. The van der Waals surface area contributed by atoms with E-state index in [4.69, 9.17) is 5.10 Å². The van der Waals surface area contributed by atoms with Gasteiger partial charge in [0.05, 0.1) is 11.2 Å². The lowest BCUT2D eigenvalue weighted by Gasteiger charge is -2.10. The van der Waals surface area contributed by atoms with Crippen molar-refractivity contribution in [2.75, 3.05) is 0 Å². The van der Waals surface area contributed by atoms with Crippen molar-refractivity contribution in [3.8, 4) is 0 Å². The summed E-state index contributed by atoms with van der Waals surface area (Å²) in [5.74, 6) is 0.732. The molecule has 0 radical (unpaired) electrons. The van der Waals surface area contributed by atoms with E-state index in [2.05, 4.69) is 42.8 Å². The van der Waals surface area contributed by atoms with E-state index < -0.39 is 0 Å². The molecule has 1 aliphatic rings. The number of nitrogens with zero attached hydrogens (tertiary/aromatic N) is 2. The van der Waals surface area contributed by atoms with Gasteiger partial charge in [0.1, 0.15) is 0 Å². The third kappa shape index (κ3) is 1.44. The van der Waals surface area contributed by atoms with Gasteiger partial charge in [0, 0.05) is 17.3 Å². The molecule has 84 valence electrons. The lowest BCUT2D eigenvalue weighted by Crippen LogP contribution is -2.05. The summed E-state index contributed by atoms with van der Waals surface area (Å²) in [6.45, 7) is 4.47. The van der Waals surface area contributed by atoms with E-state index in [-0.39, 0.29) is 0 Å². The molecule has 1 aliphatic carbocycles. The lowest BCUT2D eigenvalue weighted by atomic mass is 10.1. The summed E-state index contributed by atoms with van der Waals surface area (Å²) in [5.41, 5.74) is 2.63. The smallest absolute Gasteiger partial charge is 0.0734 e. The van der Waals surface area contributed by atoms with E-state index in [1.54, 1.807) is 0 Å². The molecular weight excluding hydrogens is 196 g/mol. The van der Waals surface area contributed by atoms with Crippen molar-refractivity contribution in [2.24, 2.45) is 0 Å². The monoisotopic (exact) mass is 214 g/mol. The molecule has 1 fully saturated rings. The summed E-state index contributed by atoms with van der Waals surface area (Å²) in [5, 5.41) is 6.20. The molecular formula is C14H18N2. The zero-order valence-electron chi connectivity index (χ0n) is 9.98. The standard InChI is InChI=1S/C14H18N2/c1-3-10(2)16-13-7-5-4-6-12(13)14(15-16)11-8-9-11/h4-7,10-11H,3,8-9H2,1-2H3. The summed E-state index contributed by atoms with van der Waals surface area (Å²) in [6, 6.07) is 9.14. The van der Waals surface area contributed by atoms with Crippen molar-refractivity contribution in [1.82, 2.24) is 9.78 Å². The first-order valence-corrected chi connectivity index (χ1v) is 6.28. The highest BCUT2D eigenvalue weighted by molar-refractivity contribution is 5.82. The van der Waals surface area contributed by atoms with E-state index in [1.807, 2.05) is 0 Å². The Bertz CT molecular complexity index is 508. The summed E-state index contributed by atoms with van der Waals surface area (Å²) < 4.78 is 2.21. The molecule has 0 saturated heterocycles. The van der Waals surface area contributed by atoms with Gasteiger partial charge < -0.3 is 0 Å². The Morgan fingerprint density at radius 1 is 1.38 bits per heavy atom. The number of fused-ring (bicyclic) bond motifs is 1. The third-order valence-electron chi connectivity index (χ3n) is 3.61. The predicted molar refractivity (Wildman–Crippen MR) is 66.7 cm³/mol. The summed E-state index contributed by atoms with van der Waals surface area (Å²) in [4.78, 5) is 0. The minimum atomic E-state index is 0.498. The van der Waals surface area contributed by atoms with Gasteiger partial charge in [-0.05, 0) is 32.3 Å². The molecule has 0 amide bonds. The minimum absolute atomic E-state index is 0.498. The number of para-hydroxylation sites is 1. The fraction of sp³-hybridized carbons (Fsp3) is 0.500. The van der Waals surface area contributed by atoms with E-state index >= 15 is 0 Å². The van der Waals surface area contributed by atoms with Crippen LogP contribution in [0.1, 0.15) is 50.8 Å². The molecule has 1 aromatic carbocycles. The van der Waals surface area contributed by atoms with Crippen LogP contribution in [0.2, 0.25) is 0 Å². The van der Waals surface area contributed by atoms with Gasteiger partial charge in [0.2, 0.25) is 0 Å². The molecule has 2 aromatic rings. The maximum Gasteiger partial charge on any atom is 0.0734 e. The number of hydrogen-bond donors (Lipinski definition) is 0. The Morgan fingerprint density at radius 3 is 2.81 bits per heavy atom. The molecule has 0 N–H and O–H groups in total. The second-order valence-electron chi connectivity index (χ2n) is 4.88. The fourth-order valence-corrected chi connectivity index (χ4v) is 2.28. The average Bonchev–Trinajstić information content (AvgIpc) is 3.09. The average molecular weight is 214 g/mol. The molecule has 0 aliphatic heterocycles. The van der Waals surface area contributed by atoms with Crippen LogP contribution in [-0.2, 0) is 0 Å². The van der Waals surface area contributed by atoms with Crippen LogP contribution in [0.15, 0.2) is 24.3 Å². The number of rotatable bonds is 3. The van der Waals surface area contributed by atoms with E-state index in [1.165, 1.54) is 29.4 Å². The molecule has 16 heavy (non-hydrogen) atoms. The van der Waals surface area contributed by atoms with Gasteiger partial charge in [-0.15, -0.1) is 0 Å². The molecule has 3 rings (SSSR count). The zero-order chi connectivity index (χ0) is 11.1. The predicted octanol–water partition coefficient (Wildman–Crippen LogP) is 3.88. The fourth-order valence-electron chi connectivity index (χ4n) is 2.28. The quantitative estimate of drug-likeness (QED) is 0.758. The maximum atomic E-state index is 4.84. The molecule has 1 heterocycles. The molecule has 1 unspecified atom stereocenters.